The van der Waals surface area contributed by atoms with Gasteiger partial charge in [0, 0.05) is 18.7 Å². The normalized spacial score (nSPS) is 25.0. The average Bonchev–Trinajstić information content (AvgIpc) is 2.92. The molecule has 1 atom stereocenters. The first-order valence-electron chi connectivity index (χ1n) is 8.61. The van der Waals surface area contributed by atoms with Crippen molar-refractivity contribution in [1.82, 2.24) is 9.21 Å². The van der Waals surface area contributed by atoms with Gasteiger partial charge in [0.25, 0.3) is 0 Å². The van der Waals surface area contributed by atoms with E-state index in [0.717, 1.165) is 24.4 Å². The fourth-order valence-corrected chi connectivity index (χ4v) is 6.73. The van der Waals surface area contributed by atoms with Gasteiger partial charge in [0.15, 0.2) is 0 Å². The summed E-state index contributed by atoms with van der Waals surface area (Å²) >= 11 is 7.78. The molecule has 9 heteroatoms. The fraction of sp³-hybridized carbons (Fsp3) is 0.588. The minimum atomic E-state index is -3.67. The van der Waals surface area contributed by atoms with Crippen LogP contribution in [-0.2, 0) is 15.7 Å². The summed E-state index contributed by atoms with van der Waals surface area (Å²) < 4.78 is 29.6. The van der Waals surface area contributed by atoms with E-state index in [0.29, 0.717) is 24.4 Å². The van der Waals surface area contributed by atoms with Crippen LogP contribution in [-0.4, -0.2) is 72.5 Å². The highest BCUT2D eigenvalue weighted by atomic mass is 35.5. The highest BCUT2D eigenvalue weighted by Crippen LogP contribution is 2.39. The van der Waals surface area contributed by atoms with E-state index in [1.807, 2.05) is 25.7 Å². The number of amidine groups is 1. The summed E-state index contributed by atoms with van der Waals surface area (Å²) in [5.74, 6) is 0.418. The third-order valence-corrected chi connectivity index (χ3v) is 8.78. The summed E-state index contributed by atoms with van der Waals surface area (Å²) in [6, 6.07) is 4.80. The number of hydrogen-bond acceptors (Lipinski definition) is 4. The van der Waals surface area contributed by atoms with Crippen LogP contribution in [0, 0.1) is 0 Å². The monoisotopic (exact) mass is 418 g/mol. The summed E-state index contributed by atoms with van der Waals surface area (Å²) in [4.78, 5) is 1.85. The van der Waals surface area contributed by atoms with E-state index in [9.17, 15) is 13.5 Å². The first kappa shape index (κ1) is 19.9. The van der Waals surface area contributed by atoms with E-state index in [-0.39, 0.29) is 9.92 Å². The summed E-state index contributed by atoms with van der Waals surface area (Å²) in [6.07, 6.45) is 2.77. The van der Waals surface area contributed by atoms with E-state index in [1.54, 1.807) is 17.0 Å². The molecule has 1 aromatic rings. The van der Waals surface area contributed by atoms with Crippen LogP contribution in [0.15, 0.2) is 23.1 Å². The minimum absolute atomic E-state index is 0.0729. The lowest BCUT2D eigenvalue weighted by Gasteiger charge is -2.28. The number of sulfonamides is 1. The van der Waals surface area contributed by atoms with Gasteiger partial charge in [-0.1, -0.05) is 24.1 Å². The van der Waals surface area contributed by atoms with E-state index < -0.39 is 15.7 Å². The summed E-state index contributed by atoms with van der Waals surface area (Å²) in [7, 11) is 1.97. The zero-order valence-electron chi connectivity index (χ0n) is 15.3. The molecule has 3 rings (SSSR count). The lowest BCUT2D eigenvalue weighted by molar-refractivity contribution is -0.467. The molecular weight excluding hydrogens is 394 g/mol. The Bertz CT molecular complexity index is 834. The summed E-state index contributed by atoms with van der Waals surface area (Å²) in [6.45, 7) is 1.03. The Hall–Kier alpha value is -0.800. The lowest BCUT2D eigenvalue weighted by Crippen LogP contribution is -2.44. The Morgan fingerprint density at radius 1 is 1.23 bits per heavy atom. The zero-order valence-corrected chi connectivity index (χ0v) is 17.7. The zero-order chi connectivity index (χ0) is 19.1. The molecule has 2 aliphatic rings. The highest BCUT2D eigenvalue weighted by Gasteiger charge is 2.50. The van der Waals surface area contributed by atoms with Gasteiger partial charge in [-0.2, -0.15) is 4.31 Å². The maximum Gasteiger partial charge on any atom is 0.310 e. The first-order chi connectivity index (χ1) is 12.2. The van der Waals surface area contributed by atoms with Gasteiger partial charge < -0.3 is 5.11 Å². The molecule has 1 N–H and O–H groups in total. The third-order valence-electron chi connectivity index (χ3n) is 4.95. The van der Waals surface area contributed by atoms with Crippen LogP contribution in [0.3, 0.4) is 0 Å². The van der Waals surface area contributed by atoms with Gasteiger partial charge in [-0.15, -0.1) is 0 Å². The standard InChI is InChI=1S/C17H25ClN3O3S2/c1-19(2)16-20(3)17(22,12-25-16)13-7-8-14(18)15(11-13)26(23,24)21-9-5-4-6-10-21/h7-8,11,22H,4-6,9-10,12H2,1-3H3/q+1. The number of rotatable bonds is 3. The number of halogens is 1. The number of thioether (sulfide) groups is 1. The highest BCUT2D eigenvalue weighted by molar-refractivity contribution is 8.13. The molecule has 2 fully saturated rings. The van der Waals surface area contributed by atoms with Gasteiger partial charge in [-0.05, 0) is 36.7 Å². The molecule has 0 amide bonds. The molecule has 0 spiro atoms. The van der Waals surface area contributed by atoms with Crippen LogP contribution in [0.2, 0.25) is 5.02 Å². The molecule has 144 valence electrons. The predicted molar refractivity (Wildman–Crippen MR) is 105 cm³/mol. The Kier molecular flexibility index (Phi) is 5.61. The van der Waals surface area contributed by atoms with Crippen molar-refractivity contribution in [2.24, 2.45) is 0 Å². The molecule has 1 unspecified atom stereocenters. The van der Waals surface area contributed by atoms with Crippen molar-refractivity contribution in [1.29, 1.82) is 0 Å². The van der Waals surface area contributed by atoms with Crippen molar-refractivity contribution >= 4 is 38.6 Å². The van der Waals surface area contributed by atoms with Gasteiger partial charge in [0.05, 0.1) is 31.9 Å². The number of hydrogen-bond donors (Lipinski definition) is 1. The van der Waals surface area contributed by atoms with Crippen molar-refractivity contribution in [2.45, 2.75) is 29.9 Å². The molecule has 26 heavy (non-hydrogen) atoms. The van der Waals surface area contributed by atoms with E-state index in [1.165, 1.54) is 22.1 Å². The smallest absolute Gasteiger partial charge is 0.310 e. The molecule has 0 saturated carbocycles. The molecule has 0 aliphatic carbocycles. The quantitative estimate of drug-likeness (QED) is 0.760. The predicted octanol–water partition coefficient (Wildman–Crippen LogP) is 1.97. The molecule has 6 nitrogen and oxygen atoms in total. The SMILES string of the molecule is CN1C(=[N+](C)C)SCC1(O)c1ccc(Cl)c(S(=O)(=O)N2CCCCC2)c1. The largest absolute Gasteiger partial charge is 0.349 e. The third kappa shape index (κ3) is 3.38. The molecular formula is C17H25ClN3O3S2+. The van der Waals surface area contributed by atoms with Crippen molar-refractivity contribution in [3.8, 4) is 0 Å². The number of benzene rings is 1. The molecule has 0 radical (unpaired) electrons. The summed E-state index contributed by atoms with van der Waals surface area (Å²) in [5.41, 5.74) is -0.745. The van der Waals surface area contributed by atoms with Gasteiger partial charge in [-0.25, -0.2) is 13.3 Å². The van der Waals surface area contributed by atoms with Gasteiger partial charge in [0.2, 0.25) is 15.7 Å². The lowest BCUT2D eigenvalue weighted by atomic mass is 10.0. The molecule has 2 saturated heterocycles. The molecule has 2 heterocycles. The first-order valence-corrected chi connectivity index (χ1v) is 11.4. The number of piperidine rings is 1. The van der Waals surface area contributed by atoms with Crippen molar-refractivity contribution < 1.29 is 18.1 Å². The number of nitrogens with zero attached hydrogens (tertiary/aromatic N) is 3. The number of aliphatic hydroxyl groups is 1. The average molecular weight is 419 g/mol. The molecule has 2 aliphatic heterocycles. The van der Waals surface area contributed by atoms with Gasteiger partial charge in [-0.3, -0.25) is 4.58 Å². The van der Waals surface area contributed by atoms with Crippen LogP contribution in [0.25, 0.3) is 0 Å². The van der Waals surface area contributed by atoms with Crippen LogP contribution in [0.4, 0.5) is 0 Å². The Morgan fingerprint density at radius 2 is 1.88 bits per heavy atom. The van der Waals surface area contributed by atoms with Crippen LogP contribution >= 0.6 is 23.4 Å². The fourth-order valence-electron chi connectivity index (χ4n) is 3.42. The topological polar surface area (TPSA) is 63.9 Å². The van der Waals surface area contributed by atoms with E-state index >= 15 is 0 Å². The van der Waals surface area contributed by atoms with Crippen molar-refractivity contribution in [3.05, 3.63) is 28.8 Å². The Balaban J connectivity index is 2.02. The second-order valence-corrected chi connectivity index (χ2v) is 10.2. The van der Waals surface area contributed by atoms with Gasteiger partial charge >= 0.3 is 5.17 Å². The van der Waals surface area contributed by atoms with E-state index in [2.05, 4.69) is 0 Å². The Morgan fingerprint density at radius 3 is 2.46 bits per heavy atom. The maximum atomic E-state index is 13.1. The van der Waals surface area contributed by atoms with Crippen LogP contribution < -0.4 is 0 Å². The summed E-state index contributed by atoms with van der Waals surface area (Å²) in [5, 5.41) is 12.4. The van der Waals surface area contributed by atoms with Crippen molar-refractivity contribution in [3.63, 3.8) is 0 Å². The van der Waals surface area contributed by atoms with Gasteiger partial charge in [0.1, 0.15) is 4.90 Å². The Labute approximate surface area is 164 Å². The minimum Gasteiger partial charge on any atom is -0.349 e. The molecule has 1 aromatic carbocycles. The van der Waals surface area contributed by atoms with Crippen molar-refractivity contribution in [2.75, 3.05) is 40.0 Å². The van der Waals surface area contributed by atoms with Crippen LogP contribution in [0.1, 0.15) is 24.8 Å². The second kappa shape index (κ2) is 7.31. The second-order valence-electron chi connectivity index (χ2n) is 6.95. The van der Waals surface area contributed by atoms with E-state index in [4.69, 9.17) is 11.6 Å². The maximum absolute atomic E-state index is 13.1. The van der Waals surface area contributed by atoms with Crippen LogP contribution in [0.5, 0.6) is 0 Å². The molecule has 0 bridgehead atoms. The molecule has 0 aromatic heterocycles.